The number of carbonyl (C=O) groups excluding carboxylic acids is 2. The smallest absolute Gasteiger partial charge is 0.408 e. The monoisotopic (exact) mass is 341 g/mol. The molecule has 1 aromatic carbocycles. The number of benzene rings is 1. The van der Waals surface area contributed by atoms with E-state index in [2.05, 4.69) is 5.32 Å². The summed E-state index contributed by atoms with van der Waals surface area (Å²) < 4.78 is 9.80. The average molecular weight is 341 g/mol. The van der Waals surface area contributed by atoms with Crippen molar-refractivity contribution in [3.05, 3.63) is 35.9 Å². The Labute approximate surface area is 140 Å². The summed E-state index contributed by atoms with van der Waals surface area (Å²) in [7, 11) is 0. The number of carbonyl (C=O) groups is 3. The van der Waals surface area contributed by atoms with Crippen LogP contribution in [-0.2, 0) is 25.7 Å². The predicted octanol–water partition coefficient (Wildman–Crippen LogP) is 1.27. The standard InChI is InChI=1S/C16H21NO6.H2O/c1-2-3-9-22-14(18)10-13(15(19)20)17-16(21)23-11-12-7-5-4-6-8-12;/h4-8,13H,2-3,9-11H2,1H3,(H,17,21)(H,19,20);1H2/t13-;/m1./s1. The second-order valence-electron chi connectivity index (χ2n) is 4.88. The highest BCUT2D eigenvalue weighted by Gasteiger charge is 2.24. The van der Waals surface area contributed by atoms with Crippen LogP contribution in [0, 0.1) is 0 Å². The van der Waals surface area contributed by atoms with Crippen LogP contribution in [0.2, 0.25) is 0 Å². The number of amides is 1. The second-order valence-corrected chi connectivity index (χ2v) is 4.88. The summed E-state index contributed by atoms with van der Waals surface area (Å²) in [6.45, 7) is 2.19. The van der Waals surface area contributed by atoms with E-state index in [-0.39, 0.29) is 18.7 Å². The van der Waals surface area contributed by atoms with Gasteiger partial charge >= 0.3 is 18.0 Å². The van der Waals surface area contributed by atoms with Crippen molar-refractivity contribution in [2.24, 2.45) is 0 Å². The molecule has 0 aromatic heterocycles. The largest absolute Gasteiger partial charge is 0.480 e. The molecule has 8 heteroatoms. The number of esters is 1. The molecule has 0 saturated heterocycles. The summed E-state index contributed by atoms with van der Waals surface area (Å²) in [5, 5.41) is 11.2. The Kier molecular flexibility index (Phi) is 10.6. The number of hydrogen-bond acceptors (Lipinski definition) is 5. The molecule has 0 saturated carbocycles. The number of carboxylic acids is 1. The Morgan fingerprint density at radius 3 is 2.42 bits per heavy atom. The first kappa shape index (κ1) is 21.4. The van der Waals surface area contributed by atoms with Crippen molar-refractivity contribution < 1.29 is 34.4 Å². The molecule has 24 heavy (non-hydrogen) atoms. The molecule has 0 bridgehead atoms. The van der Waals surface area contributed by atoms with E-state index >= 15 is 0 Å². The molecule has 0 heterocycles. The normalized spacial score (nSPS) is 10.9. The maximum Gasteiger partial charge on any atom is 0.408 e. The van der Waals surface area contributed by atoms with Crippen molar-refractivity contribution in [3.63, 3.8) is 0 Å². The molecule has 134 valence electrons. The van der Waals surface area contributed by atoms with E-state index in [0.717, 1.165) is 12.0 Å². The van der Waals surface area contributed by atoms with Gasteiger partial charge in [0.05, 0.1) is 13.0 Å². The van der Waals surface area contributed by atoms with Crippen LogP contribution in [-0.4, -0.2) is 41.3 Å². The summed E-state index contributed by atoms with van der Waals surface area (Å²) in [6, 6.07) is 7.58. The maximum absolute atomic E-state index is 11.6. The van der Waals surface area contributed by atoms with Crippen LogP contribution in [0.3, 0.4) is 0 Å². The van der Waals surface area contributed by atoms with Crippen LogP contribution in [0.1, 0.15) is 31.7 Å². The quantitative estimate of drug-likeness (QED) is 0.513. The first-order valence-corrected chi connectivity index (χ1v) is 7.38. The van der Waals surface area contributed by atoms with Crippen LogP contribution in [0.4, 0.5) is 4.79 Å². The molecule has 8 nitrogen and oxygen atoms in total. The molecule has 0 spiro atoms. The molecular weight excluding hydrogens is 318 g/mol. The Balaban J connectivity index is 0.00000529. The fraction of sp³-hybridized carbons (Fsp3) is 0.438. The molecule has 1 rings (SSSR count). The van der Waals surface area contributed by atoms with Crippen molar-refractivity contribution >= 4 is 18.0 Å². The third-order valence-electron chi connectivity index (χ3n) is 2.93. The summed E-state index contributed by atoms with van der Waals surface area (Å²) in [5.74, 6) is -2.00. The van der Waals surface area contributed by atoms with Crippen LogP contribution in [0.25, 0.3) is 0 Å². The number of aliphatic carboxylic acids is 1. The fourth-order valence-corrected chi connectivity index (χ4v) is 1.66. The Bertz CT molecular complexity index is 518. The zero-order valence-electron chi connectivity index (χ0n) is 13.5. The Morgan fingerprint density at radius 2 is 1.83 bits per heavy atom. The van der Waals surface area contributed by atoms with E-state index in [0.29, 0.717) is 6.42 Å². The van der Waals surface area contributed by atoms with Crippen molar-refractivity contribution in [1.82, 2.24) is 5.32 Å². The highest BCUT2D eigenvalue weighted by molar-refractivity contribution is 5.85. The molecule has 0 aliphatic rings. The van der Waals surface area contributed by atoms with Crippen molar-refractivity contribution in [1.29, 1.82) is 0 Å². The highest BCUT2D eigenvalue weighted by Crippen LogP contribution is 2.02. The van der Waals surface area contributed by atoms with Gasteiger partial charge in [-0.2, -0.15) is 0 Å². The second kappa shape index (κ2) is 11.9. The molecule has 4 N–H and O–H groups in total. The molecule has 0 unspecified atom stereocenters. The van der Waals surface area contributed by atoms with Crippen molar-refractivity contribution in [3.8, 4) is 0 Å². The van der Waals surface area contributed by atoms with Gasteiger partial charge in [0.2, 0.25) is 0 Å². The van der Waals surface area contributed by atoms with Crippen molar-refractivity contribution in [2.75, 3.05) is 6.61 Å². The van der Waals surface area contributed by atoms with Crippen LogP contribution in [0.5, 0.6) is 0 Å². The molecule has 0 radical (unpaired) electrons. The molecule has 0 aliphatic carbocycles. The molecule has 1 aromatic rings. The van der Waals surface area contributed by atoms with Gasteiger partial charge in [0, 0.05) is 0 Å². The number of unbranched alkanes of at least 4 members (excludes halogenated alkanes) is 1. The number of nitrogens with one attached hydrogen (secondary N) is 1. The third kappa shape index (κ3) is 8.74. The molecule has 0 fully saturated rings. The molecule has 1 amide bonds. The fourth-order valence-electron chi connectivity index (χ4n) is 1.66. The summed E-state index contributed by atoms with van der Waals surface area (Å²) in [6.07, 6.45) is 0.220. The minimum absolute atomic E-state index is 0. The van der Waals surface area contributed by atoms with Gasteiger partial charge in [-0.25, -0.2) is 9.59 Å². The maximum atomic E-state index is 11.6. The predicted molar refractivity (Wildman–Crippen MR) is 85.3 cm³/mol. The van der Waals surface area contributed by atoms with Crippen LogP contribution >= 0.6 is 0 Å². The molecular formula is C16H23NO7. The van der Waals surface area contributed by atoms with E-state index in [9.17, 15) is 14.4 Å². The van der Waals surface area contributed by atoms with Crippen LogP contribution in [0.15, 0.2) is 30.3 Å². The first-order chi connectivity index (χ1) is 11.0. The van der Waals surface area contributed by atoms with Gasteiger partial charge in [0.25, 0.3) is 0 Å². The van der Waals surface area contributed by atoms with E-state index < -0.39 is 30.5 Å². The van der Waals surface area contributed by atoms with Gasteiger partial charge in [-0.1, -0.05) is 43.7 Å². The lowest BCUT2D eigenvalue weighted by atomic mass is 10.2. The molecule has 0 aliphatic heterocycles. The SMILES string of the molecule is CCCCOC(=O)C[C@@H](NC(=O)OCc1ccccc1)C(=O)O.O. The van der Waals surface area contributed by atoms with Gasteiger partial charge in [-0.05, 0) is 12.0 Å². The zero-order valence-corrected chi connectivity index (χ0v) is 13.5. The molecule has 1 atom stereocenters. The van der Waals surface area contributed by atoms with Gasteiger partial charge in [-0.3, -0.25) is 4.79 Å². The van der Waals surface area contributed by atoms with E-state index in [1.807, 2.05) is 13.0 Å². The van der Waals surface area contributed by atoms with E-state index in [4.69, 9.17) is 14.6 Å². The van der Waals surface area contributed by atoms with Crippen molar-refractivity contribution in [2.45, 2.75) is 38.8 Å². The topological polar surface area (TPSA) is 133 Å². The highest BCUT2D eigenvalue weighted by atomic mass is 16.5. The minimum atomic E-state index is -1.38. The zero-order chi connectivity index (χ0) is 17.1. The summed E-state index contributed by atoms with van der Waals surface area (Å²) >= 11 is 0. The number of carboxylic acid groups (broad SMARTS) is 1. The Hall–Kier alpha value is -2.61. The lowest BCUT2D eigenvalue weighted by Gasteiger charge is -2.14. The van der Waals surface area contributed by atoms with Gasteiger partial charge < -0.3 is 25.4 Å². The third-order valence-corrected chi connectivity index (χ3v) is 2.93. The van der Waals surface area contributed by atoms with Crippen LogP contribution < -0.4 is 5.32 Å². The lowest BCUT2D eigenvalue weighted by molar-refractivity contribution is -0.149. The van der Waals surface area contributed by atoms with E-state index in [1.54, 1.807) is 24.3 Å². The van der Waals surface area contributed by atoms with Gasteiger partial charge in [0.15, 0.2) is 0 Å². The first-order valence-electron chi connectivity index (χ1n) is 7.38. The number of ether oxygens (including phenoxy) is 2. The number of hydrogen-bond donors (Lipinski definition) is 2. The lowest BCUT2D eigenvalue weighted by Crippen LogP contribution is -2.42. The summed E-state index contributed by atoms with van der Waals surface area (Å²) in [5.41, 5.74) is 0.772. The van der Waals surface area contributed by atoms with Gasteiger partial charge in [0.1, 0.15) is 12.6 Å². The number of alkyl carbamates (subject to hydrolysis) is 1. The van der Waals surface area contributed by atoms with E-state index in [1.165, 1.54) is 0 Å². The average Bonchev–Trinajstić information content (AvgIpc) is 2.53. The van der Waals surface area contributed by atoms with Gasteiger partial charge in [-0.15, -0.1) is 0 Å². The summed E-state index contributed by atoms with van der Waals surface area (Å²) in [4.78, 5) is 34.2. The Morgan fingerprint density at radius 1 is 1.17 bits per heavy atom. The minimum Gasteiger partial charge on any atom is -0.480 e. The number of rotatable bonds is 9.